The van der Waals surface area contributed by atoms with E-state index in [1.54, 1.807) is 0 Å². The Morgan fingerprint density at radius 1 is 0.967 bits per heavy atom. The van der Waals surface area contributed by atoms with Crippen LogP contribution in [0.15, 0.2) is 54.7 Å². The molecule has 2 aromatic carbocycles. The van der Waals surface area contributed by atoms with E-state index in [9.17, 15) is 4.79 Å². The standard InChI is InChI=1S/C26H29N3O/c1-19-15-20(2)17-23(16-19)26(8-9-26)25(30)29-13-11-28(12-14-29)18-22-6-3-5-21-7-4-10-27-24(21)22/h3-7,10,15-17H,8-9,11-14,18H2,1-2H3. The molecular weight excluding hydrogens is 370 g/mol. The highest BCUT2D eigenvalue weighted by Gasteiger charge is 2.53. The Labute approximate surface area is 178 Å². The Balaban J connectivity index is 1.26. The van der Waals surface area contributed by atoms with Crippen LogP contribution in [0.5, 0.6) is 0 Å². The number of fused-ring (bicyclic) bond motifs is 1. The molecule has 1 saturated heterocycles. The Morgan fingerprint density at radius 3 is 2.37 bits per heavy atom. The van der Waals surface area contributed by atoms with Gasteiger partial charge in [-0.2, -0.15) is 0 Å². The number of piperazine rings is 1. The molecule has 1 aliphatic heterocycles. The number of para-hydroxylation sites is 1. The number of benzene rings is 2. The van der Waals surface area contributed by atoms with Gasteiger partial charge in [0.25, 0.3) is 0 Å². The van der Waals surface area contributed by atoms with Gasteiger partial charge in [0.15, 0.2) is 0 Å². The van der Waals surface area contributed by atoms with Crippen molar-refractivity contribution in [2.45, 2.75) is 38.6 Å². The zero-order valence-electron chi connectivity index (χ0n) is 17.9. The SMILES string of the molecule is Cc1cc(C)cc(C2(C(=O)N3CCN(Cc4cccc5cccnc45)CC3)CC2)c1. The largest absolute Gasteiger partial charge is 0.339 e. The minimum atomic E-state index is -0.265. The molecule has 0 bridgehead atoms. The molecule has 1 amide bonds. The van der Waals surface area contributed by atoms with Gasteiger partial charge in [0.1, 0.15) is 0 Å². The first-order valence-electron chi connectivity index (χ1n) is 11.0. The molecule has 1 aliphatic carbocycles. The van der Waals surface area contributed by atoms with Crippen molar-refractivity contribution in [1.82, 2.24) is 14.8 Å². The average Bonchev–Trinajstić information content (AvgIpc) is 3.56. The van der Waals surface area contributed by atoms with Gasteiger partial charge in [-0.05, 0) is 43.9 Å². The highest BCUT2D eigenvalue weighted by Crippen LogP contribution is 2.50. The number of aryl methyl sites for hydroxylation is 2. The molecule has 1 aromatic heterocycles. The summed E-state index contributed by atoms with van der Waals surface area (Å²) >= 11 is 0. The van der Waals surface area contributed by atoms with Crippen molar-refractivity contribution in [1.29, 1.82) is 0 Å². The number of amides is 1. The summed E-state index contributed by atoms with van der Waals surface area (Å²) in [7, 11) is 0. The zero-order chi connectivity index (χ0) is 20.7. The second kappa shape index (κ2) is 7.51. The van der Waals surface area contributed by atoms with Crippen LogP contribution in [0, 0.1) is 13.8 Å². The maximum Gasteiger partial charge on any atom is 0.233 e. The molecule has 154 valence electrons. The predicted octanol–water partition coefficient (Wildman–Crippen LogP) is 4.23. The molecule has 4 heteroatoms. The summed E-state index contributed by atoms with van der Waals surface area (Å²) in [6, 6.07) is 17.1. The summed E-state index contributed by atoms with van der Waals surface area (Å²) in [6.45, 7) is 8.58. The van der Waals surface area contributed by atoms with Crippen LogP contribution >= 0.6 is 0 Å². The topological polar surface area (TPSA) is 36.4 Å². The van der Waals surface area contributed by atoms with Crippen LogP contribution in [0.1, 0.15) is 35.1 Å². The van der Waals surface area contributed by atoms with E-state index in [0.717, 1.165) is 51.1 Å². The normalized spacial score (nSPS) is 18.5. The van der Waals surface area contributed by atoms with Crippen molar-refractivity contribution in [2.24, 2.45) is 0 Å². The number of hydrogen-bond donors (Lipinski definition) is 0. The summed E-state index contributed by atoms with van der Waals surface area (Å²) in [5.41, 5.74) is 5.80. The number of aromatic nitrogens is 1. The van der Waals surface area contributed by atoms with Gasteiger partial charge in [0, 0.05) is 44.3 Å². The van der Waals surface area contributed by atoms with Crippen LogP contribution < -0.4 is 0 Å². The molecule has 2 aliphatic rings. The molecule has 0 unspecified atom stereocenters. The first-order chi connectivity index (χ1) is 14.5. The van der Waals surface area contributed by atoms with E-state index in [4.69, 9.17) is 0 Å². The molecule has 0 atom stereocenters. The molecule has 0 N–H and O–H groups in total. The van der Waals surface area contributed by atoms with Crippen LogP contribution in [0.4, 0.5) is 0 Å². The van der Waals surface area contributed by atoms with Crippen molar-refractivity contribution in [3.8, 4) is 0 Å². The third-order valence-electron chi connectivity index (χ3n) is 6.70. The first kappa shape index (κ1) is 19.3. The summed E-state index contributed by atoms with van der Waals surface area (Å²) in [5.74, 6) is 0.332. The van der Waals surface area contributed by atoms with Gasteiger partial charge in [0.2, 0.25) is 5.91 Å². The maximum atomic E-state index is 13.4. The summed E-state index contributed by atoms with van der Waals surface area (Å²) < 4.78 is 0. The number of carbonyl (C=O) groups is 1. The van der Waals surface area contributed by atoms with Gasteiger partial charge in [-0.1, -0.05) is 53.6 Å². The van der Waals surface area contributed by atoms with Crippen LogP contribution in [0.25, 0.3) is 10.9 Å². The molecule has 1 saturated carbocycles. The van der Waals surface area contributed by atoms with E-state index in [0.29, 0.717) is 5.91 Å². The minimum Gasteiger partial charge on any atom is -0.339 e. The Hall–Kier alpha value is -2.72. The third-order valence-corrected chi connectivity index (χ3v) is 6.70. The number of nitrogens with zero attached hydrogens (tertiary/aromatic N) is 3. The smallest absolute Gasteiger partial charge is 0.233 e. The fraction of sp³-hybridized carbons (Fsp3) is 0.385. The Bertz CT molecular complexity index is 1070. The van der Waals surface area contributed by atoms with Gasteiger partial charge in [-0.3, -0.25) is 14.7 Å². The fourth-order valence-electron chi connectivity index (χ4n) is 4.95. The quantitative estimate of drug-likeness (QED) is 0.659. The molecule has 2 heterocycles. The highest BCUT2D eigenvalue weighted by atomic mass is 16.2. The second-order valence-corrected chi connectivity index (χ2v) is 9.02. The lowest BCUT2D eigenvalue weighted by molar-refractivity contribution is -0.135. The van der Waals surface area contributed by atoms with E-state index in [-0.39, 0.29) is 5.41 Å². The molecule has 2 fully saturated rings. The molecular formula is C26H29N3O. The van der Waals surface area contributed by atoms with Crippen LogP contribution in [0.3, 0.4) is 0 Å². The molecule has 30 heavy (non-hydrogen) atoms. The van der Waals surface area contributed by atoms with Crippen LogP contribution in [-0.4, -0.2) is 46.9 Å². The van der Waals surface area contributed by atoms with Crippen molar-refractivity contribution in [2.75, 3.05) is 26.2 Å². The maximum absolute atomic E-state index is 13.4. The van der Waals surface area contributed by atoms with Crippen molar-refractivity contribution < 1.29 is 4.79 Å². The molecule has 0 spiro atoms. The molecule has 3 aromatic rings. The Kier molecular flexibility index (Phi) is 4.82. The number of pyridine rings is 1. The van der Waals surface area contributed by atoms with E-state index < -0.39 is 0 Å². The lowest BCUT2D eigenvalue weighted by Gasteiger charge is -2.37. The van der Waals surface area contributed by atoms with Gasteiger partial charge in [-0.15, -0.1) is 0 Å². The minimum absolute atomic E-state index is 0.265. The second-order valence-electron chi connectivity index (χ2n) is 9.02. The number of carbonyl (C=O) groups excluding carboxylic acids is 1. The summed E-state index contributed by atoms with van der Waals surface area (Å²) in [6.07, 6.45) is 3.83. The summed E-state index contributed by atoms with van der Waals surface area (Å²) in [4.78, 5) is 22.6. The Morgan fingerprint density at radius 2 is 1.67 bits per heavy atom. The third kappa shape index (κ3) is 3.50. The lowest BCUT2D eigenvalue weighted by Crippen LogP contribution is -2.51. The average molecular weight is 400 g/mol. The van der Waals surface area contributed by atoms with Crippen LogP contribution in [-0.2, 0) is 16.8 Å². The molecule has 4 nitrogen and oxygen atoms in total. The summed E-state index contributed by atoms with van der Waals surface area (Å²) in [5, 5.41) is 1.19. The monoisotopic (exact) mass is 399 g/mol. The van der Waals surface area contributed by atoms with E-state index in [2.05, 4.69) is 71.1 Å². The first-order valence-corrected chi connectivity index (χ1v) is 11.0. The van der Waals surface area contributed by atoms with E-state index in [1.165, 1.54) is 27.6 Å². The van der Waals surface area contributed by atoms with Crippen LogP contribution in [0.2, 0.25) is 0 Å². The fourth-order valence-corrected chi connectivity index (χ4v) is 4.95. The number of rotatable bonds is 4. The van der Waals surface area contributed by atoms with Gasteiger partial charge < -0.3 is 4.90 Å². The molecule has 5 rings (SSSR count). The highest BCUT2D eigenvalue weighted by molar-refractivity contribution is 5.91. The van der Waals surface area contributed by atoms with Gasteiger partial charge >= 0.3 is 0 Å². The zero-order valence-corrected chi connectivity index (χ0v) is 17.9. The lowest BCUT2D eigenvalue weighted by atomic mass is 9.91. The van der Waals surface area contributed by atoms with Crippen molar-refractivity contribution in [3.05, 3.63) is 77.0 Å². The van der Waals surface area contributed by atoms with E-state index in [1.807, 2.05) is 12.3 Å². The molecule has 0 radical (unpaired) electrons. The van der Waals surface area contributed by atoms with E-state index >= 15 is 0 Å². The van der Waals surface area contributed by atoms with Gasteiger partial charge in [-0.25, -0.2) is 0 Å². The van der Waals surface area contributed by atoms with Gasteiger partial charge in [0.05, 0.1) is 10.9 Å². The predicted molar refractivity (Wildman–Crippen MR) is 120 cm³/mol. The van der Waals surface area contributed by atoms with Crippen molar-refractivity contribution >= 4 is 16.8 Å². The number of hydrogen-bond acceptors (Lipinski definition) is 3. The van der Waals surface area contributed by atoms with Crippen molar-refractivity contribution in [3.63, 3.8) is 0 Å².